The van der Waals surface area contributed by atoms with Gasteiger partial charge in [-0.1, -0.05) is 12.1 Å². The Balaban J connectivity index is 2.30. The summed E-state index contributed by atoms with van der Waals surface area (Å²) in [6.07, 6.45) is 0.941. The van der Waals surface area contributed by atoms with Gasteiger partial charge in [-0.3, -0.25) is 19.6 Å². The van der Waals surface area contributed by atoms with E-state index in [1.165, 1.54) is 6.07 Å². The number of hydrogen-bond donors (Lipinski definition) is 2. The number of sulfonamides is 1. The first-order chi connectivity index (χ1) is 11.7. The van der Waals surface area contributed by atoms with Crippen molar-refractivity contribution in [3.8, 4) is 11.3 Å². The van der Waals surface area contributed by atoms with Crippen LogP contribution in [0.1, 0.15) is 0 Å². The molecule has 3 aromatic rings. The number of benzene rings is 2. The van der Waals surface area contributed by atoms with Crippen molar-refractivity contribution in [2.24, 2.45) is 0 Å². The van der Waals surface area contributed by atoms with E-state index >= 15 is 0 Å². The number of aromatic amines is 1. The minimum atomic E-state index is -3.66. The Bertz CT molecular complexity index is 1150. The van der Waals surface area contributed by atoms with Gasteiger partial charge in [-0.15, -0.1) is 0 Å². The SMILES string of the molecule is CS(=O)(=O)Nc1ccc([N+](=O)[O-])cc1-c1nc2ccccc2[nH]c1=O. The maximum absolute atomic E-state index is 12.4. The van der Waals surface area contributed by atoms with Crippen molar-refractivity contribution in [1.82, 2.24) is 9.97 Å². The van der Waals surface area contributed by atoms with E-state index in [4.69, 9.17) is 0 Å². The molecular weight excluding hydrogens is 348 g/mol. The zero-order chi connectivity index (χ0) is 18.2. The number of nitro benzene ring substituents is 1. The fraction of sp³-hybridized carbons (Fsp3) is 0.0667. The van der Waals surface area contributed by atoms with E-state index in [1.807, 2.05) is 0 Å². The predicted octanol–water partition coefficient (Wildman–Crippen LogP) is 1.87. The topological polar surface area (TPSA) is 135 Å². The zero-order valence-corrected chi connectivity index (χ0v) is 13.7. The van der Waals surface area contributed by atoms with Crippen molar-refractivity contribution in [2.75, 3.05) is 11.0 Å². The molecule has 0 aliphatic carbocycles. The summed E-state index contributed by atoms with van der Waals surface area (Å²) in [5.74, 6) is 0. The summed E-state index contributed by atoms with van der Waals surface area (Å²) < 4.78 is 25.3. The molecule has 2 N–H and O–H groups in total. The monoisotopic (exact) mass is 360 g/mol. The van der Waals surface area contributed by atoms with Gasteiger partial charge in [0.05, 0.1) is 27.9 Å². The average molecular weight is 360 g/mol. The normalized spacial score (nSPS) is 11.4. The molecular formula is C15H12N4O5S. The molecule has 1 heterocycles. The van der Waals surface area contributed by atoms with Crippen molar-refractivity contribution >= 4 is 32.4 Å². The van der Waals surface area contributed by atoms with Crippen molar-refractivity contribution in [3.63, 3.8) is 0 Å². The van der Waals surface area contributed by atoms with Gasteiger partial charge in [-0.2, -0.15) is 0 Å². The summed E-state index contributed by atoms with van der Waals surface area (Å²) in [6.45, 7) is 0. The van der Waals surface area contributed by atoms with Crippen LogP contribution in [0.25, 0.3) is 22.3 Å². The smallest absolute Gasteiger partial charge is 0.275 e. The molecule has 0 amide bonds. The molecule has 0 bridgehead atoms. The minimum absolute atomic E-state index is 0.0200. The lowest BCUT2D eigenvalue weighted by Crippen LogP contribution is -2.15. The summed E-state index contributed by atoms with van der Waals surface area (Å²) >= 11 is 0. The Morgan fingerprint density at radius 1 is 1.20 bits per heavy atom. The molecule has 0 radical (unpaired) electrons. The van der Waals surface area contributed by atoms with E-state index in [0.29, 0.717) is 11.0 Å². The maximum Gasteiger partial charge on any atom is 0.275 e. The van der Waals surface area contributed by atoms with Gasteiger partial charge in [0, 0.05) is 17.7 Å². The molecule has 128 valence electrons. The Morgan fingerprint density at radius 2 is 1.92 bits per heavy atom. The quantitative estimate of drug-likeness (QED) is 0.538. The molecule has 0 saturated heterocycles. The highest BCUT2D eigenvalue weighted by Gasteiger charge is 2.18. The van der Waals surface area contributed by atoms with E-state index in [-0.39, 0.29) is 22.6 Å². The second-order valence-corrected chi connectivity index (χ2v) is 7.04. The minimum Gasteiger partial charge on any atom is -0.319 e. The number of non-ortho nitro benzene ring substituents is 1. The molecule has 0 fully saturated rings. The van der Waals surface area contributed by atoms with E-state index in [1.54, 1.807) is 24.3 Å². The standard InChI is InChI=1S/C15H12N4O5S/c1-25(23,24)18-11-7-6-9(19(21)22)8-10(11)14-15(20)17-13-5-3-2-4-12(13)16-14/h2-8,18H,1H3,(H,17,20). The number of fused-ring (bicyclic) bond motifs is 1. The molecule has 0 aliphatic rings. The fourth-order valence-corrected chi connectivity index (χ4v) is 2.92. The van der Waals surface area contributed by atoms with Crippen LogP contribution in [0.2, 0.25) is 0 Å². The second kappa shape index (κ2) is 5.98. The number of rotatable bonds is 4. The number of nitro groups is 1. The van der Waals surface area contributed by atoms with Crippen LogP contribution in [0, 0.1) is 10.1 Å². The molecule has 2 aromatic carbocycles. The second-order valence-electron chi connectivity index (χ2n) is 5.29. The predicted molar refractivity (Wildman–Crippen MR) is 92.9 cm³/mol. The van der Waals surface area contributed by atoms with Gasteiger partial charge in [-0.05, 0) is 18.2 Å². The van der Waals surface area contributed by atoms with Gasteiger partial charge < -0.3 is 4.98 Å². The van der Waals surface area contributed by atoms with Gasteiger partial charge in [0.15, 0.2) is 0 Å². The number of para-hydroxylation sites is 2. The number of nitrogens with zero attached hydrogens (tertiary/aromatic N) is 2. The lowest BCUT2D eigenvalue weighted by Gasteiger charge is -2.10. The maximum atomic E-state index is 12.4. The highest BCUT2D eigenvalue weighted by atomic mass is 32.2. The first-order valence-corrected chi connectivity index (χ1v) is 8.89. The molecule has 0 spiro atoms. The third kappa shape index (κ3) is 3.48. The molecule has 9 nitrogen and oxygen atoms in total. The van der Waals surface area contributed by atoms with E-state index < -0.39 is 20.5 Å². The van der Waals surface area contributed by atoms with Crippen LogP contribution >= 0.6 is 0 Å². The zero-order valence-electron chi connectivity index (χ0n) is 12.9. The van der Waals surface area contributed by atoms with Gasteiger partial charge in [-0.25, -0.2) is 13.4 Å². The lowest BCUT2D eigenvalue weighted by atomic mass is 10.1. The fourth-order valence-electron chi connectivity index (χ4n) is 2.34. The van der Waals surface area contributed by atoms with E-state index in [9.17, 15) is 23.3 Å². The third-order valence-corrected chi connectivity index (χ3v) is 3.95. The molecule has 0 unspecified atom stereocenters. The summed E-state index contributed by atoms with van der Waals surface area (Å²) in [5, 5.41) is 11.0. The Morgan fingerprint density at radius 3 is 2.60 bits per heavy atom. The lowest BCUT2D eigenvalue weighted by molar-refractivity contribution is -0.384. The largest absolute Gasteiger partial charge is 0.319 e. The average Bonchev–Trinajstić information content (AvgIpc) is 2.53. The molecule has 0 atom stereocenters. The van der Waals surface area contributed by atoms with Gasteiger partial charge in [0.1, 0.15) is 5.69 Å². The van der Waals surface area contributed by atoms with Gasteiger partial charge in [0.2, 0.25) is 10.0 Å². The summed E-state index contributed by atoms with van der Waals surface area (Å²) in [4.78, 5) is 29.6. The van der Waals surface area contributed by atoms with Crippen molar-refractivity contribution < 1.29 is 13.3 Å². The van der Waals surface area contributed by atoms with Crippen LogP contribution in [-0.4, -0.2) is 29.6 Å². The van der Waals surface area contributed by atoms with Crippen LogP contribution in [0.15, 0.2) is 47.3 Å². The summed E-state index contributed by atoms with van der Waals surface area (Å²) in [6, 6.07) is 10.3. The molecule has 25 heavy (non-hydrogen) atoms. The molecule has 0 aliphatic heterocycles. The molecule has 1 aromatic heterocycles. The Hall–Kier alpha value is -3.27. The third-order valence-electron chi connectivity index (χ3n) is 3.36. The van der Waals surface area contributed by atoms with E-state index in [2.05, 4.69) is 14.7 Å². The van der Waals surface area contributed by atoms with Crippen LogP contribution in [0.5, 0.6) is 0 Å². The molecule has 0 saturated carbocycles. The molecule has 3 rings (SSSR count). The van der Waals surface area contributed by atoms with Crippen LogP contribution in [0.4, 0.5) is 11.4 Å². The Labute approximate surface area is 141 Å². The first kappa shape index (κ1) is 16.6. The van der Waals surface area contributed by atoms with Gasteiger partial charge in [0.25, 0.3) is 11.2 Å². The summed E-state index contributed by atoms with van der Waals surface area (Å²) in [7, 11) is -3.66. The van der Waals surface area contributed by atoms with Crippen LogP contribution in [0.3, 0.4) is 0 Å². The van der Waals surface area contributed by atoms with Crippen molar-refractivity contribution in [2.45, 2.75) is 0 Å². The highest BCUT2D eigenvalue weighted by molar-refractivity contribution is 7.92. The van der Waals surface area contributed by atoms with E-state index in [0.717, 1.165) is 18.4 Å². The number of H-pyrrole nitrogens is 1. The van der Waals surface area contributed by atoms with Crippen LogP contribution in [-0.2, 0) is 10.0 Å². The highest BCUT2D eigenvalue weighted by Crippen LogP contribution is 2.30. The first-order valence-electron chi connectivity index (χ1n) is 7.00. The Kier molecular flexibility index (Phi) is 3.97. The number of nitrogens with one attached hydrogen (secondary N) is 2. The van der Waals surface area contributed by atoms with Crippen molar-refractivity contribution in [1.29, 1.82) is 0 Å². The van der Waals surface area contributed by atoms with Crippen molar-refractivity contribution in [3.05, 3.63) is 62.9 Å². The molecule has 10 heteroatoms. The van der Waals surface area contributed by atoms with Crippen LogP contribution < -0.4 is 10.3 Å². The summed E-state index contributed by atoms with van der Waals surface area (Å²) in [5.41, 5.74) is 0.0222. The number of anilines is 1. The number of aromatic nitrogens is 2. The van der Waals surface area contributed by atoms with Gasteiger partial charge >= 0.3 is 0 Å². The number of hydrogen-bond acceptors (Lipinski definition) is 6.